The molecule has 3 heterocycles. The number of nitrogens with zero attached hydrogens (tertiary/aromatic N) is 4. The fourth-order valence-corrected chi connectivity index (χ4v) is 4.28. The van der Waals surface area contributed by atoms with Crippen molar-refractivity contribution >= 4 is 5.91 Å². The van der Waals surface area contributed by atoms with Crippen molar-refractivity contribution in [2.45, 2.75) is 38.6 Å². The number of aromatic nitrogens is 2. The van der Waals surface area contributed by atoms with Crippen molar-refractivity contribution in [2.75, 3.05) is 26.7 Å². The average Bonchev–Trinajstić information content (AvgIpc) is 3.18. The molecule has 0 saturated carbocycles. The predicted octanol–water partition coefficient (Wildman–Crippen LogP) is 2.78. The molecule has 4 rings (SSSR count). The average molecular weight is 372 g/mol. The van der Waals surface area contributed by atoms with E-state index in [1.807, 2.05) is 18.7 Å². The van der Waals surface area contributed by atoms with E-state index in [0.717, 1.165) is 37.4 Å². The standard InChI is InChI=1S/C20H25FN4O2/c1-13(2)19-22-18(23-27-19)16-9-20(10-24(16)3)11-25(12-20)17(26)8-14-5-4-6-15(21)7-14/h4-7,13,16H,8-12H2,1-3H3. The van der Waals surface area contributed by atoms with E-state index in [9.17, 15) is 9.18 Å². The number of benzene rings is 1. The van der Waals surface area contributed by atoms with Gasteiger partial charge in [-0.05, 0) is 31.2 Å². The topological polar surface area (TPSA) is 62.5 Å². The van der Waals surface area contributed by atoms with Crippen molar-refractivity contribution in [3.05, 3.63) is 47.4 Å². The van der Waals surface area contributed by atoms with Crippen LogP contribution in [0.4, 0.5) is 4.39 Å². The third-order valence-corrected chi connectivity index (χ3v) is 5.64. The fourth-order valence-electron chi connectivity index (χ4n) is 4.28. The minimum atomic E-state index is -0.304. The SMILES string of the molecule is CC(C)c1nc(C2CC3(CN(C(=O)Cc4cccc(F)c4)C3)CN2C)no1. The molecule has 27 heavy (non-hydrogen) atoms. The second-order valence-corrected chi connectivity index (χ2v) is 8.34. The Morgan fingerprint density at radius 2 is 2.15 bits per heavy atom. The van der Waals surface area contributed by atoms with Crippen molar-refractivity contribution in [3.63, 3.8) is 0 Å². The molecule has 1 atom stereocenters. The van der Waals surface area contributed by atoms with Gasteiger partial charge in [0.1, 0.15) is 5.82 Å². The molecule has 1 unspecified atom stereocenters. The number of amides is 1. The van der Waals surface area contributed by atoms with Crippen LogP contribution in [0.2, 0.25) is 0 Å². The lowest BCUT2D eigenvalue weighted by Crippen LogP contribution is -2.59. The summed E-state index contributed by atoms with van der Waals surface area (Å²) in [4.78, 5) is 21.2. The summed E-state index contributed by atoms with van der Waals surface area (Å²) >= 11 is 0. The Morgan fingerprint density at radius 1 is 1.37 bits per heavy atom. The van der Waals surface area contributed by atoms with Gasteiger partial charge < -0.3 is 9.42 Å². The van der Waals surface area contributed by atoms with Gasteiger partial charge in [0, 0.05) is 31.0 Å². The molecule has 2 aliphatic rings. The zero-order valence-corrected chi connectivity index (χ0v) is 16.0. The van der Waals surface area contributed by atoms with Crippen LogP contribution < -0.4 is 0 Å². The summed E-state index contributed by atoms with van der Waals surface area (Å²) in [5.74, 6) is 1.37. The summed E-state index contributed by atoms with van der Waals surface area (Å²) in [7, 11) is 2.07. The molecule has 1 spiro atoms. The summed E-state index contributed by atoms with van der Waals surface area (Å²) in [5.41, 5.74) is 0.811. The molecule has 2 saturated heterocycles. The zero-order valence-electron chi connectivity index (χ0n) is 16.0. The lowest BCUT2D eigenvalue weighted by atomic mass is 9.77. The highest BCUT2D eigenvalue weighted by molar-refractivity contribution is 5.79. The first kappa shape index (κ1) is 18.1. The molecule has 0 aliphatic carbocycles. The highest BCUT2D eigenvalue weighted by Gasteiger charge is 2.52. The van der Waals surface area contributed by atoms with E-state index < -0.39 is 0 Å². The van der Waals surface area contributed by atoms with Gasteiger partial charge in [-0.3, -0.25) is 9.69 Å². The molecule has 2 fully saturated rings. The van der Waals surface area contributed by atoms with Crippen LogP contribution in [-0.2, 0) is 11.2 Å². The largest absolute Gasteiger partial charge is 0.341 e. The molecule has 144 valence electrons. The first-order valence-corrected chi connectivity index (χ1v) is 9.41. The summed E-state index contributed by atoms with van der Waals surface area (Å²) < 4.78 is 18.7. The van der Waals surface area contributed by atoms with Gasteiger partial charge in [-0.2, -0.15) is 4.98 Å². The number of halogens is 1. The van der Waals surface area contributed by atoms with Gasteiger partial charge in [0.25, 0.3) is 0 Å². The van der Waals surface area contributed by atoms with Gasteiger partial charge in [0.05, 0.1) is 12.5 Å². The van der Waals surface area contributed by atoms with E-state index in [1.54, 1.807) is 12.1 Å². The minimum absolute atomic E-state index is 0.0546. The van der Waals surface area contributed by atoms with E-state index >= 15 is 0 Å². The van der Waals surface area contributed by atoms with Gasteiger partial charge in [-0.1, -0.05) is 31.1 Å². The van der Waals surface area contributed by atoms with Crippen molar-refractivity contribution in [1.82, 2.24) is 19.9 Å². The van der Waals surface area contributed by atoms with Crippen LogP contribution in [0.15, 0.2) is 28.8 Å². The van der Waals surface area contributed by atoms with Gasteiger partial charge in [0.15, 0.2) is 5.82 Å². The Hall–Kier alpha value is -2.28. The molecule has 7 heteroatoms. The third-order valence-electron chi connectivity index (χ3n) is 5.64. The maximum atomic E-state index is 13.3. The summed E-state index contributed by atoms with van der Waals surface area (Å²) in [6.45, 7) is 6.44. The van der Waals surface area contributed by atoms with Crippen LogP contribution >= 0.6 is 0 Å². The smallest absolute Gasteiger partial charge is 0.229 e. The fraction of sp³-hybridized carbons (Fsp3) is 0.550. The van der Waals surface area contributed by atoms with E-state index in [0.29, 0.717) is 5.89 Å². The van der Waals surface area contributed by atoms with E-state index in [1.165, 1.54) is 12.1 Å². The van der Waals surface area contributed by atoms with E-state index in [2.05, 4.69) is 22.1 Å². The number of likely N-dealkylation sites (tertiary alicyclic amines) is 2. The normalized spacial score (nSPS) is 21.8. The number of carbonyl (C=O) groups excluding carboxylic acids is 1. The summed E-state index contributed by atoms with van der Waals surface area (Å²) in [6.07, 6.45) is 1.17. The van der Waals surface area contributed by atoms with Gasteiger partial charge in [0.2, 0.25) is 11.8 Å². The highest BCUT2D eigenvalue weighted by atomic mass is 19.1. The van der Waals surface area contributed by atoms with E-state index in [4.69, 9.17) is 4.52 Å². The number of hydrogen-bond donors (Lipinski definition) is 0. The first-order chi connectivity index (χ1) is 12.8. The van der Waals surface area contributed by atoms with Crippen LogP contribution in [0.25, 0.3) is 0 Å². The van der Waals surface area contributed by atoms with Gasteiger partial charge in [-0.25, -0.2) is 4.39 Å². The molecular weight excluding hydrogens is 347 g/mol. The second-order valence-electron chi connectivity index (χ2n) is 8.34. The number of hydrogen-bond acceptors (Lipinski definition) is 5. The van der Waals surface area contributed by atoms with Gasteiger partial charge >= 0.3 is 0 Å². The van der Waals surface area contributed by atoms with Gasteiger partial charge in [-0.15, -0.1) is 0 Å². The van der Waals surface area contributed by atoms with Crippen molar-refractivity contribution in [3.8, 4) is 0 Å². The molecule has 0 bridgehead atoms. The Labute approximate surface area is 158 Å². The quantitative estimate of drug-likeness (QED) is 0.826. The molecule has 2 aromatic rings. The first-order valence-electron chi connectivity index (χ1n) is 9.41. The van der Waals surface area contributed by atoms with Crippen LogP contribution in [0.1, 0.15) is 49.5 Å². The molecule has 6 nitrogen and oxygen atoms in total. The van der Waals surface area contributed by atoms with Crippen molar-refractivity contribution in [2.24, 2.45) is 5.41 Å². The van der Waals surface area contributed by atoms with E-state index in [-0.39, 0.29) is 35.5 Å². The Bertz CT molecular complexity index is 844. The molecule has 1 aromatic carbocycles. The Balaban J connectivity index is 1.37. The molecule has 0 N–H and O–H groups in total. The zero-order chi connectivity index (χ0) is 19.2. The molecule has 2 aliphatic heterocycles. The Morgan fingerprint density at radius 3 is 2.81 bits per heavy atom. The van der Waals surface area contributed by atoms with Crippen LogP contribution in [-0.4, -0.2) is 52.5 Å². The maximum Gasteiger partial charge on any atom is 0.229 e. The van der Waals surface area contributed by atoms with Crippen molar-refractivity contribution < 1.29 is 13.7 Å². The van der Waals surface area contributed by atoms with Crippen LogP contribution in [0.5, 0.6) is 0 Å². The molecule has 1 aromatic heterocycles. The molecular formula is C20H25FN4O2. The highest BCUT2D eigenvalue weighted by Crippen LogP contribution is 2.47. The third kappa shape index (κ3) is 3.48. The minimum Gasteiger partial charge on any atom is -0.341 e. The monoisotopic (exact) mass is 372 g/mol. The summed E-state index contributed by atoms with van der Waals surface area (Å²) in [5, 5.41) is 4.17. The van der Waals surface area contributed by atoms with Crippen LogP contribution in [0, 0.1) is 11.2 Å². The van der Waals surface area contributed by atoms with Crippen molar-refractivity contribution in [1.29, 1.82) is 0 Å². The summed E-state index contributed by atoms with van der Waals surface area (Å²) in [6, 6.07) is 6.38. The second kappa shape index (κ2) is 6.71. The Kier molecular flexibility index (Phi) is 4.50. The lowest BCUT2D eigenvalue weighted by Gasteiger charge is -2.48. The van der Waals surface area contributed by atoms with Crippen LogP contribution in [0.3, 0.4) is 0 Å². The molecule has 1 amide bonds. The lowest BCUT2D eigenvalue weighted by molar-refractivity contribution is -0.141. The molecule has 0 radical (unpaired) electrons. The number of carbonyl (C=O) groups is 1. The maximum absolute atomic E-state index is 13.3. The predicted molar refractivity (Wildman–Crippen MR) is 97.5 cm³/mol. The number of rotatable bonds is 4.